The van der Waals surface area contributed by atoms with Crippen LogP contribution in [-0.4, -0.2) is 28.0 Å². The van der Waals surface area contributed by atoms with E-state index in [2.05, 4.69) is 25.2 Å². The minimum atomic E-state index is -0.278. The molecule has 3 rings (SSSR count). The predicted octanol–water partition coefficient (Wildman–Crippen LogP) is 3.32. The molecule has 2 aromatic rings. The number of nitrogens with zero attached hydrogens (tertiary/aromatic N) is 4. The first-order valence-electron chi connectivity index (χ1n) is 6.81. The van der Waals surface area contributed by atoms with Gasteiger partial charge in [0.2, 0.25) is 17.2 Å². The van der Waals surface area contributed by atoms with E-state index < -0.39 is 0 Å². The summed E-state index contributed by atoms with van der Waals surface area (Å²) in [6, 6.07) is 4.87. The molecule has 1 aromatic heterocycles. The highest BCUT2D eigenvalue weighted by atomic mass is 35.5. The third kappa shape index (κ3) is 3.21. The van der Waals surface area contributed by atoms with Gasteiger partial charge in [-0.25, -0.2) is 4.39 Å². The molecule has 1 aliphatic heterocycles. The SMILES string of the molecule is Cc1ccc(Nc2nc(Cl)nc(N3CCCC3)n2)cc1F. The molecule has 21 heavy (non-hydrogen) atoms. The first-order valence-corrected chi connectivity index (χ1v) is 7.19. The molecule has 110 valence electrons. The summed E-state index contributed by atoms with van der Waals surface area (Å²) in [4.78, 5) is 14.6. The molecular formula is C14H15ClFN5. The van der Waals surface area contributed by atoms with Crippen LogP contribution in [0.25, 0.3) is 0 Å². The number of nitrogens with one attached hydrogen (secondary N) is 1. The normalized spacial score (nSPS) is 14.5. The Labute approximate surface area is 127 Å². The van der Waals surface area contributed by atoms with Crippen molar-refractivity contribution < 1.29 is 4.39 Å². The van der Waals surface area contributed by atoms with Crippen molar-refractivity contribution in [3.05, 3.63) is 34.9 Å². The maximum atomic E-state index is 13.6. The van der Waals surface area contributed by atoms with Gasteiger partial charge in [-0.1, -0.05) is 6.07 Å². The zero-order chi connectivity index (χ0) is 14.8. The van der Waals surface area contributed by atoms with Crippen LogP contribution in [0.5, 0.6) is 0 Å². The van der Waals surface area contributed by atoms with E-state index in [4.69, 9.17) is 11.6 Å². The largest absolute Gasteiger partial charge is 0.341 e. The number of rotatable bonds is 3. The molecule has 0 amide bonds. The molecular weight excluding hydrogens is 293 g/mol. The van der Waals surface area contributed by atoms with E-state index in [0.717, 1.165) is 25.9 Å². The Morgan fingerprint density at radius 2 is 1.95 bits per heavy atom. The van der Waals surface area contributed by atoms with Crippen molar-refractivity contribution in [2.45, 2.75) is 19.8 Å². The van der Waals surface area contributed by atoms with Crippen LogP contribution in [0.4, 0.5) is 22.0 Å². The molecule has 0 radical (unpaired) electrons. The van der Waals surface area contributed by atoms with Crippen molar-refractivity contribution in [3.63, 3.8) is 0 Å². The number of anilines is 3. The Balaban J connectivity index is 1.85. The second kappa shape index (κ2) is 5.81. The lowest BCUT2D eigenvalue weighted by Crippen LogP contribution is -2.21. The van der Waals surface area contributed by atoms with Gasteiger partial charge in [0.1, 0.15) is 5.82 Å². The van der Waals surface area contributed by atoms with E-state index in [1.807, 2.05) is 0 Å². The lowest BCUT2D eigenvalue weighted by atomic mass is 10.2. The Morgan fingerprint density at radius 1 is 1.19 bits per heavy atom. The van der Waals surface area contributed by atoms with Crippen molar-refractivity contribution >= 4 is 29.2 Å². The van der Waals surface area contributed by atoms with Gasteiger partial charge in [-0.3, -0.25) is 0 Å². The van der Waals surface area contributed by atoms with Gasteiger partial charge in [0.15, 0.2) is 0 Å². The first-order chi connectivity index (χ1) is 10.1. The zero-order valence-corrected chi connectivity index (χ0v) is 12.4. The van der Waals surface area contributed by atoms with Crippen LogP contribution in [0.1, 0.15) is 18.4 Å². The molecule has 5 nitrogen and oxygen atoms in total. The van der Waals surface area contributed by atoms with Crippen molar-refractivity contribution in [3.8, 4) is 0 Å². The topological polar surface area (TPSA) is 53.9 Å². The maximum absolute atomic E-state index is 13.6. The molecule has 1 aliphatic rings. The third-order valence-corrected chi connectivity index (χ3v) is 3.58. The molecule has 0 saturated carbocycles. The highest BCUT2D eigenvalue weighted by Gasteiger charge is 2.17. The van der Waals surface area contributed by atoms with Gasteiger partial charge in [-0.05, 0) is 49.1 Å². The van der Waals surface area contributed by atoms with E-state index in [9.17, 15) is 4.39 Å². The highest BCUT2D eigenvalue weighted by molar-refractivity contribution is 6.28. The van der Waals surface area contributed by atoms with E-state index in [0.29, 0.717) is 23.1 Å². The summed E-state index contributed by atoms with van der Waals surface area (Å²) in [5.41, 5.74) is 1.17. The second-order valence-electron chi connectivity index (χ2n) is 5.01. The van der Waals surface area contributed by atoms with E-state index in [1.54, 1.807) is 19.1 Å². The fourth-order valence-electron chi connectivity index (χ4n) is 2.25. The van der Waals surface area contributed by atoms with Gasteiger partial charge in [-0.15, -0.1) is 0 Å². The Hall–Kier alpha value is -1.95. The van der Waals surface area contributed by atoms with Gasteiger partial charge >= 0.3 is 0 Å². The van der Waals surface area contributed by atoms with Crippen LogP contribution in [0.15, 0.2) is 18.2 Å². The molecule has 0 aliphatic carbocycles. The molecule has 7 heteroatoms. The fourth-order valence-corrected chi connectivity index (χ4v) is 2.41. The van der Waals surface area contributed by atoms with Gasteiger partial charge in [0, 0.05) is 18.8 Å². The average molecular weight is 308 g/mol. The minimum Gasteiger partial charge on any atom is -0.341 e. The first kappa shape index (κ1) is 14.0. The van der Waals surface area contributed by atoms with Gasteiger partial charge in [0.25, 0.3) is 0 Å². The molecule has 2 heterocycles. The van der Waals surface area contributed by atoms with E-state index >= 15 is 0 Å². The minimum absolute atomic E-state index is 0.127. The summed E-state index contributed by atoms with van der Waals surface area (Å²) in [7, 11) is 0. The standard InChI is InChI=1S/C14H15ClFN5/c1-9-4-5-10(8-11(9)16)17-13-18-12(15)19-14(20-13)21-6-2-3-7-21/h4-5,8H,2-3,6-7H2,1H3,(H,17,18,19,20). The number of aromatic nitrogens is 3. The van der Waals surface area contributed by atoms with Crippen LogP contribution in [0.2, 0.25) is 5.28 Å². The Kier molecular flexibility index (Phi) is 3.88. The number of benzene rings is 1. The molecule has 1 saturated heterocycles. The van der Waals surface area contributed by atoms with Crippen LogP contribution < -0.4 is 10.2 Å². The molecule has 1 aromatic carbocycles. The number of hydrogen-bond donors (Lipinski definition) is 1. The summed E-state index contributed by atoms with van der Waals surface area (Å²) in [6.45, 7) is 3.54. The number of hydrogen-bond acceptors (Lipinski definition) is 5. The monoisotopic (exact) mass is 307 g/mol. The Morgan fingerprint density at radius 3 is 2.67 bits per heavy atom. The van der Waals surface area contributed by atoms with Crippen molar-refractivity contribution in [1.82, 2.24) is 15.0 Å². The van der Waals surface area contributed by atoms with Gasteiger partial charge in [0.05, 0.1) is 0 Å². The van der Waals surface area contributed by atoms with Crippen molar-refractivity contribution in [1.29, 1.82) is 0 Å². The quantitative estimate of drug-likeness (QED) is 0.942. The van der Waals surface area contributed by atoms with Crippen LogP contribution in [0.3, 0.4) is 0 Å². The zero-order valence-electron chi connectivity index (χ0n) is 11.6. The summed E-state index contributed by atoms with van der Waals surface area (Å²) < 4.78 is 13.6. The lowest BCUT2D eigenvalue weighted by molar-refractivity contribution is 0.619. The molecule has 0 spiro atoms. The molecule has 1 fully saturated rings. The summed E-state index contributed by atoms with van der Waals surface area (Å²) in [5, 5.41) is 3.09. The summed E-state index contributed by atoms with van der Waals surface area (Å²) in [6.07, 6.45) is 2.24. The summed E-state index contributed by atoms with van der Waals surface area (Å²) >= 11 is 5.95. The van der Waals surface area contributed by atoms with Gasteiger partial charge in [-0.2, -0.15) is 15.0 Å². The fraction of sp³-hybridized carbons (Fsp3) is 0.357. The van der Waals surface area contributed by atoms with Gasteiger partial charge < -0.3 is 10.2 Å². The molecule has 0 atom stereocenters. The predicted molar refractivity (Wildman–Crippen MR) is 80.7 cm³/mol. The second-order valence-corrected chi connectivity index (χ2v) is 5.35. The number of aryl methyl sites for hydroxylation is 1. The van der Waals surface area contributed by atoms with E-state index in [-0.39, 0.29) is 11.1 Å². The maximum Gasteiger partial charge on any atom is 0.233 e. The average Bonchev–Trinajstić information content (AvgIpc) is 2.96. The Bertz CT molecular complexity index is 658. The molecule has 0 unspecified atom stereocenters. The van der Waals surface area contributed by atoms with Crippen LogP contribution in [-0.2, 0) is 0 Å². The number of halogens is 2. The van der Waals surface area contributed by atoms with Crippen molar-refractivity contribution in [2.24, 2.45) is 0 Å². The summed E-state index contributed by atoms with van der Waals surface area (Å²) in [5.74, 6) is 0.600. The molecule has 1 N–H and O–H groups in total. The van der Waals surface area contributed by atoms with E-state index in [1.165, 1.54) is 6.07 Å². The van der Waals surface area contributed by atoms with Crippen LogP contribution >= 0.6 is 11.6 Å². The third-order valence-electron chi connectivity index (χ3n) is 3.41. The molecule has 0 bridgehead atoms. The lowest BCUT2D eigenvalue weighted by Gasteiger charge is -2.15. The van der Waals surface area contributed by atoms with Crippen molar-refractivity contribution in [2.75, 3.05) is 23.3 Å². The smallest absolute Gasteiger partial charge is 0.233 e. The van der Waals surface area contributed by atoms with Crippen LogP contribution in [0, 0.1) is 12.7 Å². The highest BCUT2D eigenvalue weighted by Crippen LogP contribution is 2.21.